The number of anilines is 2. The van der Waals surface area contributed by atoms with Crippen molar-refractivity contribution in [3.63, 3.8) is 0 Å². The van der Waals surface area contributed by atoms with E-state index in [2.05, 4.69) is 10.3 Å². The van der Waals surface area contributed by atoms with Gasteiger partial charge in [-0.25, -0.2) is 8.42 Å². The summed E-state index contributed by atoms with van der Waals surface area (Å²) >= 11 is 0. The zero-order chi connectivity index (χ0) is 16.6. The van der Waals surface area contributed by atoms with Gasteiger partial charge in [0.2, 0.25) is 0 Å². The van der Waals surface area contributed by atoms with Gasteiger partial charge in [0, 0.05) is 29.0 Å². The smallest absolute Gasteiger partial charge is 0.311 e. The van der Waals surface area contributed by atoms with E-state index in [9.17, 15) is 18.5 Å². The molecule has 0 saturated carbocycles. The van der Waals surface area contributed by atoms with Crippen molar-refractivity contribution in [2.24, 2.45) is 0 Å². The van der Waals surface area contributed by atoms with Crippen molar-refractivity contribution in [1.29, 1.82) is 0 Å². The van der Waals surface area contributed by atoms with Crippen molar-refractivity contribution < 1.29 is 13.3 Å². The lowest BCUT2D eigenvalue weighted by molar-refractivity contribution is -0.386. The van der Waals surface area contributed by atoms with Crippen LogP contribution in [0.15, 0.2) is 53.6 Å². The molecule has 2 aromatic carbocycles. The second kappa shape index (κ2) is 5.40. The molecule has 8 heteroatoms. The van der Waals surface area contributed by atoms with Crippen LogP contribution in [0.4, 0.5) is 17.1 Å². The average molecular weight is 331 g/mol. The molecule has 23 heavy (non-hydrogen) atoms. The zero-order valence-electron chi connectivity index (χ0n) is 12.1. The third-order valence-corrected chi connectivity index (χ3v) is 4.54. The average Bonchev–Trinajstić information content (AvgIpc) is 2.93. The van der Waals surface area contributed by atoms with E-state index in [1.807, 2.05) is 18.2 Å². The van der Waals surface area contributed by atoms with Crippen molar-refractivity contribution in [3.8, 4) is 0 Å². The molecule has 7 nitrogen and oxygen atoms in total. The number of nitro groups is 1. The Morgan fingerprint density at radius 1 is 1.17 bits per heavy atom. The Morgan fingerprint density at radius 3 is 2.65 bits per heavy atom. The highest BCUT2D eigenvalue weighted by molar-refractivity contribution is 7.90. The Bertz CT molecular complexity index is 1010. The SMILES string of the molecule is CS(=O)(=O)c1cccc(Nc2ccc3[nH]ccc3c2)c1[N+](=O)[O-]. The Kier molecular flexibility index (Phi) is 3.53. The van der Waals surface area contributed by atoms with Gasteiger partial charge in [0.15, 0.2) is 9.84 Å². The number of sulfone groups is 1. The molecule has 2 N–H and O–H groups in total. The summed E-state index contributed by atoms with van der Waals surface area (Å²) in [6.45, 7) is 0. The molecule has 1 heterocycles. The van der Waals surface area contributed by atoms with E-state index in [0.29, 0.717) is 5.69 Å². The first-order valence-electron chi connectivity index (χ1n) is 6.68. The largest absolute Gasteiger partial charge is 0.361 e. The van der Waals surface area contributed by atoms with Crippen LogP contribution >= 0.6 is 0 Å². The van der Waals surface area contributed by atoms with Crippen LogP contribution in [0.1, 0.15) is 0 Å². The molecule has 0 amide bonds. The number of fused-ring (bicyclic) bond motifs is 1. The molecule has 0 spiro atoms. The van der Waals surface area contributed by atoms with Gasteiger partial charge in [0.1, 0.15) is 10.6 Å². The van der Waals surface area contributed by atoms with Crippen LogP contribution in [0, 0.1) is 10.1 Å². The third kappa shape index (κ3) is 2.88. The topological polar surface area (TPSA) is 105 Å². The van der Waals surface area contributed by atoms with Gasteiger partial charge in [0.25, 0.3) is 0 Å². The number of H-pyrrole nitrogens is 1. The molecular formula is C15H13N3O4S. The van der Waals surface area contributed by atoms with Gasteiger partial charge in [-0.1, -0.05) is 6.07 Å². The summed E-state index contributed by atoms with van der Waals surface area (Å²) < 4.78 is 23.5. The number of rotatable bonds is 4. The van der Waals surface area contributed by atoms with Gasteiger partial charge in [-0.05, 0) is 36.4 Å². The molecule has 0 unspecified atom stereocenters. The summed E-state index contributed by atoms with van der Waals surface area (Å²) in [6.07, 6.45) is 2.74. The first-order chi connectivity index (χ1) is 10.9. The lowest BCUT2D eigenvalue weighted by atomic mass is 10.2. The fourth-order valence-electron chi connectivity index (χ4n) is 2.40. The molecule has 0 fully saturated rings. The molecule has 3 aromatic rings. The van der Waals surface area contributed by atoms with E-state index >= 15 is 0 Å². The standard InChI is InChI=1S/C15H13N3O4S/c1-23(21,22)14-4-2-3-13(15(14)18(19)20)17-11-5-6-12-10(9-11)7-8-16-12/h2-9,16-17H,1H3. The van der Waals surface area contributed by atoms with Crippen LogP contribution in [0.25, 0.3) is 10.9 Å². The van der Waals surface area contributed by atoms with Gasteiger partial charge in [-0.2, -0.15) is 0 Å². The van der Waals surface area contributed by atoms with Crippen molar-refractivity contribution in [2.75, 3.05) is 11.6 Å². The summed E-state index contributed by atoms with van der Waals surface area (Å²) in [7, 11) is -3.71. The lowest BCUT2D eigenvalue weighted by Crippen LogP contribution is -2.05. The van der Waals surface area contributed by atoms with Crippen molar-refractivity contribution in [2.45, 2.75) is 4.90 Å². The quantitative estimate of drug-likeness (QED) is 0.564. The van der Waals surface area contributed by atoms with Gasteiger partial charge in [-0.15, -0.1) is 0 Å². The molecule has 0 bridgehead atoms. The minimum absolute atomic E-state index is 0.132. The molecule has 0 radical (unpaired) electrons. The highest BCUT2D eigenvalue weighted by Crippen LogP contribution is 2.34. The number of aromatic amines is 1. The van der Waals surface area contributed by atoms with Gasteiger partial charge in [0.05, 0.1) is 4.92 Å². The molecule has 118 valence electrons. The summed E-state index contributed by atoms with van der Waals surface area (Å²) in [5, 5.41) is 15.2. The third-order valence-electron chi connectivity index (χ3n) is 3.41. The molecule has 0 aliphatic heterocycles. The number of aromatic nitrogens is 1. The number of hydrogen-bond acceptors (Lipinski definition) is 5. The molecule has 0 saturated heterocycles. The first kappa shape index (κ1) is 15.0. The molecule has 3 rings (SSSR count). The van der Waals surface area contributed by atoms with E-state index in [0.717, 1.165) is 17.2 Å². The summed E-state index contributed by atoms with van der Waals surface area (Å²) in [4.78, 5) is 13.4. The van der Waals surface area contributed by atoms with E-state index in [4.69, 9.17) is 0 Å². The number of hydrogen-bond donors (Lipinski definition) is 2. The number of para-hydroxylation sites is 1. The number of benzene rings is 2. The predicted octanol–water partition coefficient (Wildman–Crippen LogP) is 3.22. The monoisotopic (exact) mass is 331 g/mol. The van der Waals surface area contributed by atoms with Crippen LogP contribution in [-0.4, -0.2) is 24.6 Å². The Labute approximate surface area is 132 Å². The van der Waals surface area contributed by atoms with E-state index in [1.54, 1.807) is 12.3 Å². The minimum Gasteiger partial charge on any atom is -0.361 e. The van der Waals surface area contributed by atoms with Crippen molar-refractivity contribution >= 4 is 37.8 Å². The maximum absolute atomic E-state index is 11.8. The normalized spacial score (nSPS) is 11.5. The summed E-state index contributed by atoms with van der Waals surface area (Å²) in [6, 6.07) is 11.5. The second-order valence-electron chi connectivity index (χ2n) is 5.09. The minimum atomic E-state index is -3.71. The van der Waals surface area contributed by atoms with Crippen LogP contribution < -0.4 is 5.32 Å². The van der Waals surface area contributed by atoms with Crippen LogP contribution in [0.3, 0.4) is 0 Å². The Balaban J connectivity index is 2.10. The zero-order valence-corrected chi connectivity index (χ0v) is 12.9. The fourth-order valence-corrected chi connectivity index (χ4v) is 3.26. The molecule has 0 aliphatic rings. The fraction of sp³-hybridized carbons (Fsp3) is 0.0667. The second-order valence-corrected chi connectivity index (χ2v) is 7.07. The molecule has 1 aromatic heterocycles. The number of nitrogens with zero attached hydrogens (tertiary/aromatic N) is 1. The number of nitro benzene ring substituents is 1. The first-order valence-corrected chi connectivity index (χ1v) is 8.57. The van der Waals surface area contributed by atoms with Crippen LogP contribution in [-0.2, 0) is 9.84 Å². The highest BCUT2D eigenvalue weighted by Gasteiger charge is 2.26. The van der Waals surface area contributed by atoms with Crippen molar-refractivity contribution in [1.82, 2.24) is 4.98 Å². The highest BCUT2D eigenvalue weighted by atomic mass is 32.2. The van der Waals surface area contributed by atoms with Crippen molar-refractivity contribution in [3.05, 3.63) is 58.8 Å². The Morgan fingerprint density at radius 2 is 1.96 bits per heavy atom. The molecule has 0 aliphatic carbocycles. The maximum atomic E-state index is 11.8. The van der Waals surface area contributed by atoms with Gasteiger partial charge < -0.3 is 10.3 Å². The lowest BCUT2D eigenvalue weighted by Gasteiger charge is -2.09. The molecule has 0 atom stereocenters. The molecular weight excluding hydrogens is 318 g/mol. The van der Waals surface area contributed by atoms with Gasteiger partial charge in [-0.3, -0.25) is 10.1 Å². The van der Waals surface area contributed by atoms with Crippen LogP contribution in [0.2, 0.25) is 0 Å². The Hall–Kier alpha value is -2.87. The maximum Gasteiger partial charge on any atom is 0.311 e. The predicted molar refractivity (Wildman–Crippen MR) is 87.8 cm³/mol. The summed E-state index contributed by atoms with van der Waals surface area (Å²) in [5.74, 6) is 0. The number of nitrogens with one attached hydrogen (secondary N) is 2. The van der Waals surface area contributed by atoms with Gasteiger partial charge >= 0.3 is 5.69 Å². The van der Waals surface area contributed by atoms with E-state index < -0.39 is 20.4 Å². The van der Waals surface area contributed by atoms with E-state index in [-0.39, 0.29) is 10.6 Å². The van der Waals surface area contributed by atoms with Crippen LogP contribution in [0.5, 0.6) is 0 Å². The summed E-state index contributed by atoms with van der Waals surface area (Å²) in [5.41, 5.74) is 1.25. The van der Waals surface area contributed by atoms with E-state index in [1.165, 1.54) is 18.2 Å².